The predicted molar refractivity (Wildman–Crippen MR) is 116 cm³/mol. The molecule has 0 spiro atoms. The van der Waals surface area contributed by atoms with E-state index >= 15 is 0 Å². The second-order valence-electron chi connectivity index (χ2n) is 7.34. The van der Waals surface area contributed by atoms with Gasteiger partial charge in [-0.1, -0.05) is 67.6 Å². The minimum Gasteiger partial charge on any atom is -0.483 e. The first-order chi connectivity index (χ1) is 13.5. The van der Waals surface area contributed by atoms with Crippen LogP contribution in [0.3, 0.4) is 0 Å². The van der Waals surface area contributed by atoms with Crippen molar-refractivity contribution in [2.45, 2.75) is 64.1 Å². The third kappa shape index (κ3) is 4.96. The molecule has 0 fully saturated rings. The molecule has 0 aliphatic carbocycles. The Hall–Kier alpha value is -2.27. The lowest BCUT2D eigenvalue weighted by Crippen LogP contribution is -2.12. The maximum atomic E-state index is 6.13. The highest BCUT2D eigenvalue weighted by atomic mass is 32.2. The molecule has 1 aromatic heterocycles. The number of nitrogens with zero attached hydrogens (tertiary/aromatic N) is 3. The van der Waals surface area contributed by atoms with E-state index in [1.54, 1.807) is 11.8 Å². The quantitative estimate of drug-likeness (QED) is 0.428. The minimum absolute atomic E-state index is 0.161. The van der Waals surface area contributed by atoms with Gasteiger partial charge in [-0.25, -0.2) is 0 Å². The smallest absolute Gasteiger partial charge is 0.191 e. The highest BCUT2D eigenvalue weighted by Gasteiger charge is 2.19. The van der Waals surface area contributed by atoms with Gasteiger partial charge in [-0.2, -0.15) is 0 Å². The summed E-state index contributed by atoms with van der Waals surface area (Å²) in [5.41, 5.74) is 3.88. The van der Waals surface area contributed by atoms with E-state index in [-0.39, 0.29) is 6.10 Å². The first-order valence-electron chi connectivity index (χ1n) is 9.86. The zero-order valence-electron chi connectivity index (χ0n) is 17.3. The second-order valence-corrected chi connectivity index (χ2v) is 8.29. The van der Waals surface area contributed by atoms with Crippen LogP contribution in [0.25, 0.3) is 0 Å². The van der Waals surface area contributed by atoms with Crippen LogP contribution in [-0.2, 0) is 12.3 Å². The van der Waals surface area contributed by atoms with Crippen molar-refractivity contribution in [1.82, 2.24) is 14.8 Å². The Bertz CT molecular complexity index is 885. The average Bonchev–Trinajstić information content (AvgIpc) is 3.11. The van der Waals surface area contributed by atoms with Crippen LogP contribution in [0.2, 0.25) is 0 Å². The molecule has 0 radical (unpaired) electrons. The van der Waals surface area contributed by atoms with Crippen molar-refractivity contribution in [2.24, 2.45) is 0 Å². The number of benzene rings is 2. The fourth-order valence-corrected chi connectivity index (χ4v) is 3.99. The molecular weight excluding hydrogens is 366 g/mol. The first-order valence-corrected chi connectivity index (χ1v) is 10.8. The van der Waals surface area contributed by atoms with Gasteiger partial charge in [0.25, 0.3) is 0 Å². The number of ether oxygens (including phenoxy) is 1. The lowest BCUT2D eigenvalue weighted by atomic mass is 10.0. The summed E-state index contributed by atoms with van der Waals surface area (Å²) in [6, 6.07) is 16.9. The molecule has 0 saturated carbocycles. The van der Waals surface area contributed by atoms with E-state index in [4.69, 9.17) is 4.74 Å². The third-order valence-electron chi connectivity index (χ3n) is 4.77. The van der Waals surface area contributed by atoms with Crippen molar-refractivity contribution in [3.8, 4) is 5.75 Å². The summed E-state index contributed by atoms with van der Waals surface area (Å²) in [5.74, 6) is 3.12. The molecule has 5 heteroatoms. The maximum Gasteiger partial charge on any atom is 0.191 e. The number of rotatable bonds is 8. The normalized spacial score (nSPS) is 12.4. The van der Waals surface area contributed by atoms with E-state index in [2.05, 4.69) is 78.9 Å². The fraction of sp³-hybridized carbons (Fsp3) is 0.391. The van der Waals surface area contributed by atoms with E-state index in [1.165, 1.54) is 16.7 Å². The zero-order valence-corrected chi connectivity index (χ0v) is 18.2. The topological polar surface area (TPSA) is 39.9 Å². The molecule has 2 aromatic carbocycles. The van der Waals surface area contributed by atoms with Crippen molar-refractivity contribution in [2.75, 3.05) is 0 Å². The Morgan fingerprint density at radius 3 is 2.25 bits per heavy atom. The van der Waals surface area contributed by atoms with Crippen LogP contribution < -0.4 is 4.74 Å². The summed E-state index contributed by atoms with van der Waals surface area (Å²) >= 11 is 1.71. The van der Waals surface area contributed by atoms with Crippen molar-refractivity contribution < 1.29 is 4.74 Å². The molecule has 0 bridgehead atoms. The zero-order chi connectivity index (χ0) is 20.1. The van der Waals surface area contributed by atoms with Crippen LogP contribution >= 0.6 is 11.8 Å². The molecule has 1 atom stereocenters. The van der Waals surface area contributed by atoms with Gasteiger partial charge in [-0.05, 0) is 49.9 Å². The van der Waals surface area contributed by atoms with Gasteiger partial charge in [-0.15, -0.1) is 10.2 Å². The van der Waals surface area contributed by atoms with Crippen molar-refractivity contribution >= 4 is 11.8 Å². The van der Waals surface area contributed by atoms with Crippen LogP contribution in [0.1, 0.15) is 62.2 Å². The summed E-state index contributed by atoms with van der Waals surface area (Å²) in [4.78, 5) is 0. The summed E-state index contributed by atoms with van der Waals surface area (Å²) < 4.78 is 8.28. The third-order valence-corrected chi connectivity index (χ3v) is 5.81. The number of aryl methyl sites for hydroxylation is 1. The fourth-order valence-electron chi connectivity index (χ4n) is 3.03. The summed E-state index contributed by atoms with van der Waals surface area (Å²) in [6.45, 7) is 11.5. The molecule has 1 unspecified atom stereocenters. The molecule has 148 valence electrons. The largest absolute Gasteiger partial charge is 0.483 e. The standard InChI is InChI=1S/C23H29N3OS/c1-6-26-22(18(5)27-21-13-11-20(12-14-21)16(2)3)24-25-23(26)28-15-19-9-7-17(4)8-10-19/h7-14,16,18H,6,15H2,1-5H3. The maximum absolute atomic E-state index is 6.13. The number of hydrogen-bond donors (Lipinski definition) is 0. The summed E-state index contributed by atoms with van der Waals surface area (Å²) in [6.07, 6.45) is -0.161. The molecule has 0 saturated heterocycles. The molecule has 1 heterocycles. The molecule has 0 aliphatic rings. The van der Waals surface area contributed by atoms with Gasteiger partial charge in [0.2, 0.25) is 0 Å². The van der Waals surface area contributed by atoms with Crippen molar-refractivity contribution in [1.29, 1.82) is 0 Å². The second kappa shape index (κ2) is 9.28. The Morgan fingerprint density at radius 1 is 0.964 bits per heavy atom. The van der Waals surface area contributed by atoms with Gasteiger partial charge in [0.1, 0.15) is 5.75 Å². The Morgan fingerprint density at radius 2 is 1.64 bits per heavy atom. The van der Waals surface area contributed by atoms with Crippen molar-refractivity contribution in [3.63, 3.8) is 0 Å². The Balaban J connectivity index is 1.68. The van der Waals surface area contributed by atoms with Crippen LogP contribution in [0.15, 0.2) is 53.7 Å². The molecule has 0 N–H and O–H groups in total. The van der Waals surface area contributed by atoms with Crippen LogP contribution in [0.4, 0.5) is 0 Å². The highest BCUT2D eigenvalue weighted by molar-refractivity contribution is 7.98. The van der Waals surface area contributed by atoms with E-state index in [9.17, 15) is 0 Å². The van der Waals surface area contributed by atoms with E-state index < -0.39 is 0 Å². The lowest BCUT2D eigenvalue weighted by Gasteiger charge is -2.16. The molecular formula is C23H29N3OS. The monoisotopic (exact) mass is 395 g/mol. The molecule has 0 aliphatic heterocycles. The molecule has 0 amide bonds. The van der Waals surface area contributed by atoms with Gasteiger partial charge in [0.05, 0.1) is 0 Å². The number of thioether (sulfide) groups is 1. The van der Waals surface area contributed by atoms with Gasteiger partial charge >= 0.3 is 0 Å². The first kappa shape index (κ1) is 20.5. The van der Waals surface area contributed by atoms with E-state index in [1.807, 2.05) is 19.1 Å². The predicted octanol–water partition coefficient (Wildman–Crippen LogP) is 6.16. The number of hydrogen-bond acceptors (Lipinski definition) is 4. The van der Waals surface area contributed by atoms with Crippen LogP contribution in [-0.4, -0.2) is 14.8 Å². The van der Waals surface area contributed by atoms with Crippen LogP contribution in [0, 0.1) is 6.92 Å². The lowest BCUT2D eigenvalue weighted by molar-refractivity contribution is 0.210. The van der Waals surface area contributed by atoms with Gasteiger partial charge in [0, 0.05) is 12.3 Å². The van der Waals surface area contributed by atoms with Gasteiger partial charge in [0.15, 0.2) is 17.1 Å². The molecule has 3 rings (SSSR count). The number of aromatic nitrogens is 3. The SMILES string of the molecule is CCn1c(SCc2ccc(C)cc2)nnc1C(C)Oc1ccc(C(C)C)cc1. The minimum atomic E-state index is -0.161. The Labute approximate surface area is 172 Å². The average molecular weight is 396 g/mol. The molecule has 4 nitrogen and oxygen atoms in total. The molecule has 3 aromatic rings. The van der Waals surface area contributed by atoms with E-state index in [0.29, 0.717) is 5.92 Å². The Kier molecular flexibility index (Phi) is 6.79. The van der Waals surface area contributed by atoms with Crippen LogP contribution in [0.5, 0.6) is 5.75 Å². The van der Waals surface area contributed by atoms with Gasteiger partial charge < -0.3 is 9.30 Å². The summed E-state index contributed by atoms with van der Waals surface area (Å²) in [5, 5.41) is 9.77. The van der Waals surface area contributed by atoms with Gasteiger partial charge in [-0.3, -0.25) is 0 Å². The van der Waals surface area contributed by atoms with E-state index in [0.717, 1.165) is 29.0 Å². The summed E-state index contributed by atoms with van der Waals surface area (Å²) in [7, 11) is 0. The highest BCUT2D eigenvalue weighted by Crippen LogP contribution is 2.27. The van der Waals surface area contributed by atoms with Crippen molar-refractivity contribution in [3.05, 3.63) is 71.0 Å². The molecule has 28 heavy (non-hydrogen) atoms.